The molecule has 4 heteroatoms. The van der Waals surface area contributed by atoms with Gasteiger partial charge in [0.1, 0.15) is 0 Å². The van der Waals surface area contributed by atoms with Gasteiger partial charge in [-0.1, -0.05) is 6.92 Å². The molecule has 1 heterocycles. The van der Waals surface area contributed by atoms with E-state index in [1.807, 2.05) is 6.92 Å². The van der Waals surface area contributed by atoms with Crippen molar-refractivity contribution < 1.29 is 4.79 Å². The van der Waals surface area contributed by atoms with E-state index in [9.17, 15) is 4.79 Å². The van der Waals surface area contributed by atoms with Crippen LogP contribution in [-0.2, 0) is 4.79 Å². The van der Waals surface area contributed by atoms with Gasteiger partial charge in [0.15, 0.2) is 0 Å². The molecule has 13 heavy (non-hydrogen) atoms. The Labute approximate surface area is 78.7 Å². The van der Waals surface area contributed by atoms with Crippen LogP contribution >= 0.6 is 0 Å². The van der Waals surface area contributed by atoms with Crippen LogP contribution in [0, 0.1) is 6.57 Å². The minimum atomic E-state index is -0.203. The topological polar surface area (TPSA) is 36.7 Å². The number of likely N-dealkylation sites (N-methyl/N-ethyl adjacent to an activating group) is 1. The van der Waals surface area contributed by atoms with Crippen LogP contribution in [0.3, 0.4) is 0 Å². The lowest BCUT2D eigenvalue weighted by atomic mass is 10.3. The largest absolute Gasteiger partial charge is 0.309 e. The Balaban J connectivity index is 2.42. The molecule has 1 aliphatic rings. The van der Waals surface area contributed by atoms with E-state index in [1.165, 1.54) is 0 Å². The number of nitrogens with zero attached hydrogens (tertiary/aromatic N) is 2. The Morgan fingerprint density at radius 2 is 2.54 bits per heavy atom. The molecule has 0 bridgehead atoms. The predicted molar refractivity (Wildman–Crippen MR) is 49.9 cm³/mol. The fourth-order valence-electron chi connectivity index (χ4n) is 1.51. The molecule has 1 rings (SSSR count). The highest BCUT2D eigenvalue weighted by Gasteiger charge is 2.32. The first kappa shape index (κ1) is 10.0. The summed E-state index contributed by atoms with van der Waals surface area (Å²) in [6.07, 6.45) is 1.60. The minimum Gasteiger partial charge on any atom is -0.309 e. The summed E-state index contributed by atoms with van der Waals surface area (Å²) < 4.78 is 0. The predicted octanol–water partition coefficient (Wildman–Crippen LogP) is 0.464. The third kappa shape index (κ3) is 2.43. The minimum absolute atomic E-state index is 0.0559. The summed E-state index contributed by atoms with van der Waals surface area (Å²) in [5, 5.41) is 2.98. The SMILES string of the molecule is [C-]#[N+][C@@H]1CCCN1C(=O)CNCC. The molecule has 1 saturated heterocycles. The molecular formula is C9H15N3O. The molecule has 1 fully saturated rings. The van der Waals surface area contributed by atoms with Crippen molar-refractivity contribution in [3.8, 4) is 0 Å². The van der Waals surface area contributed by atoms with E-state index in [-0.39, 0.29) is 12.1 Å². The van der Waals surface area contributed by atoms with E-state index in [0.717, 1.165) is 25.9 Å². The standard InChI is InChI=1S/C9H15N3O/c1-3-11-7-9(13)12-6-4-5-8(12)10-2/h8,11H,3-7H2,1H3/t8-/m0/s1. The molecule has 0 aromatic carbocycles. The first-order valence-electron chi connectivity index (χ1n) is 4.66. The van der Waals surface area contributed by atoms with E-state index in [0.29, 0.717) is 6.54 Å². The molecule has 0 radical (unpaired) electrons. The Morgan fingerprint density at radius 1 is 1.77 bits per heavy atom. The maximum atomic E-state index is 11.5. The number of carbonyl (C=O) groups is 1. The van der Waals surface area contributed by atoms with Gasteiger partial charge in [0.25, 0.3) is 0 Å². The van der Waals surface area contributed by atoms with Gasteiger partial charge in [0.2, 0.25) is 5.91 Å². The fraction of sp³-hybridized carbons (Fsp3) is 0.778. The molecule has 0 aliphatic carbocycles. The van der Waals surface area contributed by atoms with E-state index >= 15 is 0 Å². The second-order valence-corrected chi connectivity index (χ2v) is 3.12. The molecule has 1 atom stereocenters. The molecule has 0 spiro atoms. The van der Waals surface area contributed by atoms with Gasteiger partial charge in [0.05, 0.1) is 6.54 Å². The van der Waals surface area contributed by atoms with Crippen LogP contribution in [0.15, 0.2) is 0 Å². The van der Waals surface area contributed by atoms with Gasteiger partial charge < -0.3 is 5.32 Å². The van der Waals surface area contributed by atoms with Crippen molar-refractivity contribution in [1.29, 1.82) is 0 Å². The Hall–Kier alpha value is -1.08. The highest BCUT2D eigenvalue weighted by Crippen LogP contribution is 2.17. The fourth-order valence-corrected chi connectivity index (χ4v) is 1.51. The highest BCUT2D eigenvalue weighted by molar-refractivity contribution is 5.79. The molecule has 1 N–H and O–H groups in total. The molecule has 1 amide bonds. The second-order valence-electron chi connectivity index (χ2n) is 3.12. The summed E-state index contributed by atoms with van der Waals surface area (Å²) in [7, 11) is 0. The van der Waals surface area contributed by atoms with Crippen molar-refractivity contribution in [3.05, 3.63) is 11.4 Å². The molecule has 0 aromatic heterocycles. The van der Waals surface area contributed by atoms with Crippen molar-refractivity contribution in [2.45, 2.75) is 25.9 Å². The van der Waals surface area contributed by atoms with E-state index in [4.69, 9.17) is 6.57 Å². The maximum Gasteiger partial charge on any atom is 0.300 e. The number of amides is 1. The van der Waals surface area contributed by atoms with Gasteiger partial charge in [0, 0.05) is 13.0 Å². The third-order valence-electron chi connectivity index (χ3n) is 2.22. The Kier molecular flexibility index (Phi) is 3.71. The lowest BCUT2D eigenvalue weighted by Crippen LogP contribution is -2.39. The first-order valence-corrected chi connectivity index (χ1v) is 4.66. The van der Waals surface area contributed by atoms with Crippen molar-refractivity contribution >= 4 is 5.91 Å². The van der Waals surface area contributed by atoms with Crippen LogP contribution in [0.25, 0.3) is 4.85 Å². The van der Waals surface area contributed by atoms with Crippen LogP contribution in [-0.4, -0.2) is 36.6 Å². The molecule has 72 valence electrons. The first-order chi connectivity index (χ1) is 6.29. The van der Waals surface area contributed by atoms with Crippen LogP contribution in [0.5, 0.6) is 0 Å². The van der Waals surface area contributed by atoms with E-state index < -0.39 is 0 Å². The molecule has 0 aromatic rings. The zero-order valence-electron chi connectivity index (χ0n) is 7.92. The van der Waals surface area contributed by atoms with Crippen molar-refractivity contribution in [1.82, 2.24) is 10.2 Å². The van der Waals surface area contributed by atoms with E-state index in [2.05, 4.69) is 10.2 Å². The normalized spacial score (nSPS) is 21.5. The summed E-state index contributed by atoms with van der Waals surface area (Å²) in [5.74, 6) is 0.0559. The molecule has 0 unspecified atom stereocenters. The monoisotopic (exact) mass is 181 g/mol. The second kappa shape index (κ2) is 4.83. The quantitative estimate of drug-likeness (QED) is 0.642. The maximum absolute atomic E-state index is 11.5. The highest BCUT2D eigenvalue weighted by atomic mass is 16.2. The van der Waals surface area contributed by atoms with Crippen molar-refractivity contribution in [2.75, 3.05) is 19.6 Å². The number of likely N-dealkylation sites (tertiary alicyclic amines) is 1. The summed E-state index contributed by atoms with van der Waals surface area (Å²) in [6, 6.07) is 0. The number of hydrogen-bond donors (Lipinski definition) is 1. The van der Waals surface area contributed by atoms with E-state index in [1.54, 1.807) is 4.90 Å². The number of rotatable bonds is 3. The average molecular weight is 181 g/mol. The van der Waals surface area contributed by atoms with Crippen molar-refractivity contribution in [3.63, 3.8) is 0 Å². The smallest absolute Gasteiger partial charge is 0.300 e. The van der Waals surface area contributed by atoms with Crippen molar-refractivity contribution in [2.24, 2.45) is 0 Å². The Morgan fingerprint density at radius 3 is 3.15 bits per heavy atom. The lowest BCUT2D eigenvalue weighted by Gasteiger charge is -2.15. The van der Waals surface area contributed by atoms with Gasteiger partial charge in [-0.2, -0.15) is 0 Å². The number of hydrogen-bond acceptors (Lipinski definition) is 2. The summed E-state index contributed by atoms with van der Waals surface area (Å²) in [5.41, 5.74) is 0. The average Bonchev–Trinajstić information content (AvgIpc) is 2.61. The van der Waals surface area contributed by atoms with Crippen LogP contribution in [0.4, 0.5) is 0 Å². The molecule has 0 saturated carbocycles. The number of nitrogens with one attached hydrogen (secondary N) is 1. The number of carbonyl (C=O) groups excluding carboxylic acids is 1. The van der Waals surface area contributed by atoms with Gasteiger partial charge >= 0.3 is 6.17 Å². The summed E-state index contributed by atoms with van der Waals surface area (Å²) >= 11 is 0. The van der Waals surface area contributed by atoms with Crippen LogP contribution < -0.4 is 5.32 Å². The van der Waals surface area contributed by atoms with Crippen LogP contribution in [0.1, 0.15) is 19.8 Å². The zero-order chi connectivity index (χ0) is 9.68. The molecular weight excluding hydrogens is 166 g/mol. The zero-order valence-corrected chi connectivity index (χ0v) is 7.92. The lowest BCUT2D eigenvalue weighted by molar-refractivity contribution is -0.130. The van der Waals surface area contributed by atoms with Crippen LogP contribution in [0.2, 0.25) is 0 Å². The summed E-state index contributed by atoms with van der Waals surface area (Å²) in [4.78, 5) is 16.6. The van der Waals surface area contributed by atoms with Gasteiger partial charge in [-0.05, 0) is 13.0 Å². The molecule has 4 nitrogen and oxygen atoms in total. The Bertz CT molecular complexity index is 221. The molecule has 1 aliphatic heterocycles. The van der Waals surface area contributed by atoms with Gasteiger partial charge in [-0.3, -0.25) is 14.5 Å². The summed E-state index contributed by atoms with van der Waals surface area (Å²) in [6.45, 7) is 10.8. The van der Waals surface area contributed by atoms with Gasteiger partial charge in [-0.25, -0.2) is 6.57 Å². The van der Waals surface area contributed by atoms with Gasteiger partial charge in [-0.15, -0.1) is 0 Å². The third-order valence-corrected chi connectivity index (χ3v) is 2.22.